The molecule has 1 nitrogen and oxygen atoms in total. The fourth-order valence-electron chi connectivity index (χ4n) is 1.45. The van der Waals surface area contributed by atoms with Crippen LogP contribution in [0.1, 0.15) is 31.4 Å². The Morgan fingerprint density at radius 3 is 2.20 bits per heavy atom. The largest absolute Gasteiger partial charge is 0.323 e. The highest BCUT2D eigenvalue weighted by molar-refractivity contribution is 5.26. The first kappa shape index (κ1) is 12.1. The lowest BCUT2D eigenvalue weighted by Crippen LogP contribution is -2.35. The van der Waals surface area contributed by atoms with Crippen LogP contribution in [-0.4, -0.2) is 6.04 Å². The summed E-state index contributed by atoms with van der Waals surface area (Å²) in [5.74, 6) is -2.94. The normalized spacial score (nSPS) is 13.9. The molecule has 84 valence electrons. The SMILES string of the molecule is CCCc1ccc(C(F)(F)C(C)N)cc1. The lowest BCUT2D eigenvalue weighted by molar-refractivity contribution is -0.0256. The van der Waals surface area contributed by atoms with Gasteiger partial charge in [0.05, 0.1) is 6.04 Å². The average Bonchev–Trinajstić information content (AvgIpc) is 2.19. The monoisotopic (exact) mass is 213 g/mol. The summed E-state index contributed by atoms with van der Waals surface area (Å²) in [4.78, 5) is 0. The number of benzene rings is 1. The summed E-state index contributed by atoms with van der Waals surface area (Å²) >= 11 is 0. The van der Waals surface area contributed by atoms with Gasteiger partial charge in [-0.3, -0.25) is 0 Å². The summed E-state index contributed by atoms with van der Waals surface area (Å²) in [5.41, 5.74) is 6.33. The van der Waals surface area contributed by atoms with Crippen molar-refractivity contribution in [2.24, 2.45) is 5.73 Å². The van der Waals surface area contributed by atoms with E-state index in [4.69, 9.17) is 5.73 Å². The van der Waals surface area contributed by atoms with E-state index in [-0.39, 0.29) is 5.56 Å². The van der Waals surface area contributed by atoms with Crippen LogP contribution in [-0.2, 0) is 12.3 Å². The summed E-state index contributed by atoms with van der Waals surface area (Å²) in [7, 11) is 0. The minimum absolute atomic E-state index is 0.00245. The Morgan fingerprint density at radius 1 is 1.27 bits per heavy atom. The number of aryl methyl sites for hydroxylation is 1. The van der Waals surface area contributed by atoms with Gasteiger partial charge in [0, 0.05) is 5.56 Å². The lowest BCUT2D eigenvalue weighted by atomic mass is 10.0. The van der Waals surface area contributed by atoms with Gasteiger partial charge in [0.1, 0.15) is 0 Å². The van der Waals surface area contributed by atoms with E-state index in [0.717, 1.165) is 18.4 Å². The second-order valence-electron chi connectivity index (χ2n) is 3.86. The quantitative estimate of drug-likeness (QED) is 0.817. The zero-order chi connectivity index (χ0) is 11.5. The van der Waals surface area contributed by atoms with Crippen molar-refractivity contribution < 1.29 is 8.78 Å². The number of halogens is 2. The smallest absolute Gasteiger partial charge is 0.287 e. The molecule has 1 unspecified atom stereocenters. The van der Waals surface area contributed by atoms with Gasteiger partial charge in [-0.05, 0) is 18.9 Å². The molecule has 1 aromatic rings. The molecule has 0 spiro atoms. The Kier molecular flexibility index (Phi) is 3.80. The molecule has 0 bridgehead atoms. The number of alkyl halides is 2. The second-order valence-corrected chi connectivity index (χ2v) is 3.86. The third-order valence-electron chi connectivity index (χ3n) is 2.45. The van der Waals surface area contributed by atoms with Crippen LogP contribution in [0.15, 0.2) is 24.3 Å². The van der Waals surface area contributed by atoms with Crippen LogP contribution in [0, 0.1) is 0 Å². The molecule has 0 aliphatic carbocycles. The van der Waals surface area contributed by atoms with Crippen LogP contribution >= 0.6 is 0 Å². The molecule has 1 rings (SSSR count). The maximum atomic E-state index is 13.5. The van der Waals surface area contributed by atoms with Crippen molar-refractivity contribution in [1.82, 2.24) is 0 Å². The molecule has 0 fully saturated rings. The summed E-state index contributed by atoms with van der Waals surface area (Å²) in [6.45, 7) is 3.38. The molecular weight excluding hydrogens is 196 g/mol. The standard InChI is InChI=1S/C12H17F2N/c1-3-4-10-5-7-11(8-6-10)12(13,14)9(2)15/h5-9H,3-4,15H2,1-2H3. The van der Waals surface area contributed by atoms with Gasteiger partial charge in [0.2, 0.25) is 0 Å². The highest BCUT2D eigenvalue weighted by Crippen LogP contribution is 2.30. The fraction of sp³-hybridized carbons (Fsp3) is 0.500. The Balaban J connectivity index is 2.88. The van der Waals surface area contributed by atoms with Crippen molar-refractivity contribution in [3.63, 3.8) is 0 Å². The minimum atomic E-state index is -2.94. The van der Waals surface area contributed by atoms with Crippen molar-refractivity contribution in [1.29, 1.82) is 0 Å². The van der Waals surface area contributed by atoms with Crippen LogP contribution < -0.4 is 5.73 Å². The molecule has 0 saturated heterocycles. The van der Waals surface area contributed by atoms with E-state index in [0.29, 0.717) is 0 Å². The van der Waals surface area contributed by atoms with E-state index in [1.54, 1.807) is 12.1 Å². The molecule has 2 N–H and O–H groups in total. The number of nitrogens with two attached hydrogens (primary N) is 1. The number of hydrogen-bond acceptors (Lipinski definition) is 1. The van der Waals surface area contributed by atoms with Gasteiger partial charge in [-0.25, -0.2) is 0 Å². The van der Waals surface area contributed by atoms with Crippen molar-refractivity contribution in [2.75, 3.05) is 0 Å². The minimum Gasteiger partial charge on any atom is -0.323 e. The topological polar surface area (TPSA) is 26.0 Å². The summed E-state index contributed by atoms with van der Waals surface area (Å²) in [6.07, 6.45) is 1.94. The van der Waals surface area contributed by atoms with Gasteiger partial charge >= 0.3 is 0 Å². The van der Waals surface area contributed by atoms with Crippen LogP contribution in [0.2, 0.25) is 0 Å². The molecule has 15 heavy (non-hydrogen) atoms. The van der Waals surface area contributed by atoms with E-state index < -0.39 is 12.0 Å². The molecular formula is C12H17F2N. The van der Waals surface area contributed by atoms with Gasteiger partial charge in [-0.2, -0.15) is 8.78 Å². The first-order valence-electron chi connectivity index (χ1n) is 5.21. The van der Waals surface area contributed by atoms with Crippen LogP contribution in [0.5, 0.6) is 0 Å². The maximum Gasteiger partial charge on any atom is 0.287 e. The molecule has 0 aromatic heterocycles. The number of hydrogen-bond donors (Lipinski definition) is 1. The molecule has 0 saturated carbocycles. The Morgan fingerprint density at radius 2 is 1.80 bits per heavy atom. The first-order valence-corrected chi connectivity index (χ1v) is 5.21. The number of rotatable bonds is 4. The van der Waals surface area contributed by atoms with Crippen LogP contribution in [0.4, 0.5) is 8.78 Å². The summed E-state index contributed by atoms with van der Waals surface area (Å²) in [6, 6.07) is 5.27. The summed E-state index contributed by atoms with van der Waals surface area (Å²) < 4.78 is 26.9. The van der Waals surface area contributed by atoms with Gasteiger partial charge in [0.25, 0.3) is 5.92 Å². The first-order chi connectivity index (χ1) is 6.98. The predicted molar refractivity (Wildman–Crippen MR) is 58.0 cm³/mol. The Bertz CT molecular complexity index is 304. The lowest BCUT2D eigenvalue weighted by Gasteiger charge is -2.20. The second kappa shape index (κ2) is 4.71. The highest BCUT2D eigenvalue weighted by atomic mass is 19.3. The molecule has 0 heterocycles. The van der Waals surface area contributed by atoms with Gasteiger partial charge in [-0.15, -0.1) is 0 Å². The third kappa shape index (κ3) is 2.75. The van der Waals surface area contributed by atoms with E-state index in [2.05, 4.69) is 6.92 Å². The van der Waals surface area contributed by atoms with Gasteiger partial charge in [0.15, 0.2) is 0 Å². The Labute approximate surface area is 89.3 Å². The molecule has 0 aliphatic heterocycles. The molecule has 0 radical (unpaired) electrons. The van der Waals surface area contributed by atoms with E-state index in [1.807, 2.05) is 0 Å². The predicted octanol–water partition coefficient (Wildman–Crippen LogP) is 3.08. The van der Waals surface area contributed by atoms with Crippen molar-refractivity contribution in [3.05, 3.63) is 35.4 Å². The summed E-state index contributed by atoms with van der Waals surface area (Å²) in [5, 5.41) is 0. The molecule has 1 aromatic carbocycles. The maximum absolute atomic E-state index is 13.5. The van der Waals surface area contributed by atoms with Gasteiger partial charge < -0.3 is 5.73 Å². The highest BCUT2D eigenvalue weighted by Gasteiger charge is 2.35. The van der Waals surface area contributed by atoms with Gasteiger partial charge in [-0.1, -0.05) is 37.6 Å². The molecule has 3 heteroatoms. The molecule has 0 amide bonds. The van der Waals surface area contributed by atoms with Crippen molar-refractivity contribution >= 4 is 0 Å². The van der Waals surface area contributed by atoms with Crippen LogP contribution in [0.3, 0.4) is 0 Å². The van der Waals surface area contributed by atoms with E-state index >= 15 is 0 Å². The zero-order valence-electron chi connectivity index (χ0n) is 9.13. The van der Waals surface area contributed by atoms with E-state index in [1.165, 1.54) is 19.1 Å². The molecule has 1 atom stereocenters. The average molecular weight is 213 g/mol. The van der Waals surface area contributed by atoms with Crippen LogP contribution in [0.25, 0.3) is 0 Å². The Hall–Kier alpha value is -0.960. The van der Waals surface area contributed by atoms with Crippen molar-refractivity contribution in [3.8, 4) is 0 Å². The third-order valence-corrected chi connectivity index (χ3v) is 2.45. The molecule has 0 aliphatic rings. The van der Waals surface area contributed by atoms with E-state index in [9.17, 15) is 8.78 Å². The fourth-order valence-corrected chi connectivity index (χ4v) is 1.45. The zero-order valence-corrected chi connectivity index (χ0v) is 9.13. The van der Waals surface area contributed by atoms with Crippen molar-refractivity contribution in [2.45, 2.75) is 38.7 Å².